The zero-order chi connectivity index (χ0) is 45.7. The number of pyridine rings is 2. The lowest BCUT2D eigenvalue weighted by Crippen LogP contribution is -2.54. The first-order valence-electron chi connectivity index (χ1n) is 24.2. The number of benzene rings is 1. The molecule has 14 heteroatoms. The maximum atomic E-state index is 13.9. The van der Waals surface area contributed by atoms with Gasteiger partial charge < -0.3 is 38.6 Å². The summed E-state index contributed by atoms with van der Waals surface area (Å²) in [5.41, 5.74) is 2.03. The van der Waals surface area contributed by atoms with Crippen molar-refractivity contribution in [1.29, 1.82) is 0 Å². The molecule has 1 saturated heterocycles. The highest BCUT2D eigenvalue weighted by molar-refractivity contribution is 5.90. The van der Waals surface area contributed by atoms with Gasteiger partial charge in [0.25, 0.3) is 5.56 Å². The van der Waals surface area contributed by atoms with E-state index in [9.17, 15) is 29.1 Å². The van der Waals surface area contributed by atoms with Crippen LogP contribution in [0, 0.1) is 34.5 Å². The highest BCUT2D eigenvalue weighted by atomic mass is 16.6. The summed E-state index contributed by atoms with van der Waals surface area (Å²) in [4.78, 5) is 76.8. The molecule has 7 aliphatic rings. The lowest BCUT2D eigenvalue weighted by Gasteiger charge is -2.60. The number of rotatable bonds is 8. The molecular weight excluding hydrogens is 827 g/mol. The molecular formula is C51H65N5O9. The number of piperidine rings is 1. The Morgan fingerprint density at radius 3 is 2.48 bits per heavy atom. The van der Waals surface area contributed by atoms with Crippen LogP contribution in [0.4, 0.5) is 4.79 Å². The number of Topliss-reactive ketones (excluding diaryl/α,β-unsaturated/α-hetero) is 1. The van der Waals surface area contributed by atoms with Crippen LogP contribution in [0.3, 0.4) is 0 Å². The van der Waals surface area contributed by atoms with Gasteiger partial charge in [0.05, 0.1) is 35.1 Å². The number of carbonyl (C=O) groups excluding carboxylic acids is 4. The summed E-state index contributed by atoms with van der Waals surface area (Å²) in [6, 6.07) is 7.17. The largest absolute Gasteiger partial charge is 0.458 e. The average Bonchev–Trinajstić information content (AvgIpc) is 3.83. The minimum Gasteiger partial charge on any atom is -0.458 e. The van der Waals surface area contributed by atoms with E-state index < -0.39 is 17.7 Å². The first-order valence-corrected chi connectivity index (χ1v) is 24.2. The monoisotopic (exact) mass is 891 g/mol. The third-order valence-corrected chi connectivity index (χ3v) is 17.9. The van der Waals surface area contributed by atoms with Crippen molar-refractivity contribution in [2.24, 2.45) is 34.5 Å². The Balaban J connectivity index is 0.773. The molecule has 0 radical (unpaired) electrons. The van der Waals surface area contributed by atoms with E-state index in [0.29, 0.717) is 84.6 Å². The van der Waals surface area contributed by atoms with Gasteiger partial charge in [-0.1, -0.05) is 20.8 Å². The Morgan fingerprint density at radius 1 is 0.954 bits per heavy atom. The maximum absolute atomic E-state index is 13.9. The number of fused-ring (bicyclic) bond motifs is 10. The van der Waals surface area contributed by atoms with Crippen molar-refractivity contribution in [1.82, 2.24) is 24.3 Å². The van der Waals surface area contributed by atoms with Crippen molar-refractivity contribution in [3.8, 4) is 17.1 Å². The average molecular weight is 892 g/mol. The molecule has 14 nitrogen and oxygen atoms in total. The standard InChI is InChI=1S/C51H65N5O9/c1-7-51(62)39-24-41-45-29(25-56(41)46(59)36(39)27-64-47(51)60)22-34-35(26-53(4)5)42(12-11-40(34)52-45)65-48(61)54(6)31-16-20-55(21-17-31)44(58)28-63-43-13-10-37-33-9-8-30-23-32(57)14-18-49(30,2)38(33)15-19-50(37,43)3/h11-12,22,24,30-31,33,37-38,43,62H,7-10,13-21,23,25-28H2,1-6H3/t30-,33-,37-,38-,43-,49-,50-,51?/m0/s1. The predicted octanol–water partition coefficient (Wildman–Crippen LogP) is 6.56. The van der Waals surface area contributed by atoms with Gasteiger partial charge in [-0.3, -0.25) is 14.4 Å². The molecule has 4 aliphatic carbocycles. The van der Waals surface area contributed by atoms with E-state index in [-0.39, 0.29) is 71.7 Å². The topological polar surface area (TPSA) is 161 Å². The number of cyclic esters (lactones) is 1. The Bertz CT molecular complexity index is 2530. The third kappa shape index (κ3) is 7.14. The Hall–Kier alpha value is -4.66. The molecule has 0 bridgehead atoms. The molecule has 65 heavy (non-hydrogen) atoms. The molecule has 1 unspecified atom stereocenters. The zero-order valence-electron chi connectivity index (χ0n) is 39.0. The van der Waals surface area contributed by atoms with E-state index in [1.165, 1.54) is 19.3 Å². The Kier molecular flexibility index (Phi) is 11.1. The van der Waals surface area contributed by atoms with Gasteiger partial charge in [-0.25, -0.2) is 14.6 Å². The Labute approximate surface area is 381 Å². The third-order valence-electron chi connectivity index (χ3n) is 17.9. The highest BCUT2D eigenvalue weighted by Gasteiger charge is 2.60. The van der Waals surface area contributed by atoms with Gasteiger partial charge >= 0.3 is 12.1 Å². The fraction of sp³-hybridized carbons (Fsp3) is 0.647. The second kappa shape index (κ2) is 16.3. The van der Waals surface area contributed by atoms with Gasteiger partial charge in [0.15, 0.2) is 5.60 Å². The first kappa shape index (κ1) is 44.2. The highest BCUT2D eigenvalue weighted by Crippen LogP contribution is 2.66. The summed E-state index contributed by atoms with van der Waals surface area (Å²) >= 11 is 0. The van der Waals surface area contributed by atoms with Crippen LogP contribution in [-0.2, 0) is 49.2 Å². The van der Waals surface area contributed by atoms with Crippen LogP contribution >= 0.6 is 0 Å². The van der Waals surface area contributed by atoms with Crippen LogP contribution in [0.1, 0.15) is 120 Å². The number of amides is 2. The molecule has 2 aromatic heterocycles. The molecule has 5 fully saturated rings. The molecule has 1 aromatic carbocycles. The van der Waals surface area contributed by atoms with Gasteiger partial charge in [0.2, 0.25) is 5.91 Å². The van der Waals surface area contributed by atoms with Crippen molar-refractivity contribution >= 4 is 34.7 Å². The number of aromatic nitrogens is 2. The molecule has 348 valence electrons. The van der Waals surface area contributed by atoms with Gasteiger partial charge in [0.1, 0.15) is 24.7 Å². The van der Waals surface area contributed by atoms with E-state index in [2.05, 4.69) is 13.8 Å². The van der Waals surface area contributed by atoms with Gasteiger partial charge in [-0.05, 0) is 137 Å². The maximum Gasteiger partial charge on any atom is 0.415 e. The summed E-state index contributed by atoms with van der Waals surface area (Å²) < 4.78 is 19.6. The van der Waals surface area contributed by atoms with Gasteiger partial charge in [0, 0.05) is 67.6 Å². The van der Waals surface area contributed by atoms with E-state index in [1.807, 2.05) is 36.0 Å². The summed E-state index contributed by atoms with van der Waals surface area (Å²) in [6.07, 6.45) is 10.4. The zero-order valence-corrected chi connectivity index (χ0v) is 39.0. The van der Waals surface area contributed by atoms with Crippen LogP contribution in [0.25, 0.3) is 22.3 Å². The molecule has 1 N–H and O–H groups in total. The van der Waals surface area contributed by atoms with Crippen LogP contribution in [0.2, 0.25) is 0 Å². The Morgan fingerprint density at radius 2 is 1.72 bits per heavy atom. The van der Waals surface area contributed by atoms with E-state index >= 15 is 0 Å². The molecule has 0 spiro atoms. The quantitative estimate of drug-likeness (QED) is 0.191. The van der Waals surface area contributed by atoms with Crippen molar-refractivity contribution in [2.75, 3.05) is 40.8 Å². The number of ether oxygens (including phenoxy) is 3. The first-order chi connectivity index (χ1) is 31.0. The van der Waals surface area contributed by atoms with Crippen molar-refractivity contribution in [3.05, 3.63) is 56.9 Å². The minimum atomic E-state index is -1.91. The lowest BCUT2D eigenvalue weighted by atomic mass is 9.45. The number of likely N-dealkylation sites (tertiary alicyclic amines) is 1. The number of hydrogen-bond donors (Lipinski definition) is 1. The molecule has 4 saturated carbocycles. The van der Waals surface area contributed by atoms with E-state index in [4.69, 9.17) is 19.2 Å². The van der Waals surface area contributed by atoms with Crippen molar-refractivity contribution in [2.45, 2.75) is 135 Å². The van der Waals surface area contributed by atoms with Crippen LogP contribution in [0.5, 0.6) is 5.75 Å². The van der Waals surface area contributed by atoms with Crippen LogP contribution in [0.15, 0.2) is 29.1 Å². The van der Waals surface area contributed by atoms with Crippen LogP contribution in [-0.4, -0.2) is 106 Å². The van der Waals surface area contributed by atoms with Gasteiger partial charge in [-0.2, -0.15) is 0 Å². The summed E-state index contributed by atoms with van der Waals surface area (Å²) in [7, 11) is 5.64. The number of esters is 1. The molecule has 8 atom stereocenters. The van der Waals surface area contributed by atoms with E-state index in [0.717, 1.165) is 55.0 Å². The smallest absolute Gasteiger partial charge is 0.415 e. The number of hydrogen-bond acceptors (Lipinski definition) is 11. The number of ketones is 1. The van der Waals surface area contributed by atoms with E-state index in [1.54, 1.807) is 35.6 Å². The second-order valence-corrected chi connectivity index (χ2v) is 21.4. The normalized spacial score (nSPS) is 31.7. The molecule has 10 rings (SSSR count). The van der Waals surface area contributed by atoms with Crippen molar-refractivity contribution in [3.63, 3.8) is 0 Å². The number of nitrogens with zero attached hydrogens (tertiary/aromatic N) is 5. The summed E-state index contributed by atoms with van der Waals surface area (Å²) in [5, 5.41) is 12.1. The summed E-state index contributed by atoms with van der Waals surface area (Å²) in [6.45, 7) is 8.27. The lowest BCUT2D eigenvalue weighted by molar-refractivity contribution is -0.172. The van der Waals surface area contributed by atoms with Crippen LogP contribution < -0.4 is 10.3 Å². The molecule has 3 aliphatic heterocycles. The fourth-order valence-electron chi connectivity index (χ4n) is 14.0. The molecule has 3 aromatic rings. The van der Waals surface area contributed by atoms with Gasteiger partial charge in [-0.15, -0.1) is 0 Å². The van der Waals surface area contributed by atoms with Crippen molar-refractivity contribution < 1.29 is 38.5 Å². The number of aliphatic hydroxyl groups is 1. The number of carbonyl (C=O) groups is 4. The predicted molar refractivity (Wildman–Crippen MR) is 242 cm³/mol. The SMILES string of the molecule is CCC1(O)C(=O)OCc2c1cc1n(c2=O)Cc2cc3c(CN(C)C)c(OC(=O)N(C)C4CCN(C(=O)CO[C@H]5CC[C@H]6[C@@H]7CC[C@H]8CC(=O)CC[C@]8(C)[C@H]7CC[C@]56C)CC4)ccc3nc2-1. The molecule has 5 heterocycles. The fourth-order valence-corrected chi connectivity index (χ4v) is 14.0. The minimum absolute atomic E-state index is 0.0121. The molecule has 2 amide bonds. The summed E-state index contributed by atoms with van der Waals surface area (Å²) in [5.74, 6) is 2.66. The second-order valence-electron chi connectivity index (χ2n) is 21.4.